The summed E-state index contributed by atoms with van der Waals surface area (Å²) in [6.07, 6.45) is 1.59. The lowest BCUT2D eigenvalue weighted by Crippen LogP contribution is -2.36. The number of anilines is 3. The average Bonchev–Trinajstić information content (AvgIpc) is 3.08. The summed E-state index contributed by atoms with van der Waals surface area (Å²) in [5.41, 5.74) is 2.96. The van der Waals surface area contributed by atoms with Crippen LogP contribution in [0, 0.1) is 0 Å². The number of nitrogens with one attached hydrogen (secondary N) is 2. The summed E-state index contributed by atoms with van der Waals surface area (Å²) < 4.78 is 5.36. The van der Waals surface area contributed by atoms with Gasteiger partial charge in [0.1, 0.15) is 6.54 Å². The Morgan fingerprint density at radius 3 is 2.24 bits per heavy atom. The third-order valence-electron chi connectivity index (χ3n) is 5.23. The smallest absolute Gasteiger partial charge is 0.294 e. The molecule has 10 heteroatoms. The van der Waals surface area contributed by atoms with Gasteiger partial charge in [0.2, 0.25) is 11.8 Å². The number of amides is 4. The summed E-state index contributed by atoms with van der Waals surface area (Å²) in [5, 5.41) is 4.90. The summed E-state index contributed by atoms with van der Waals surface area (Å²) in [7, 11) is 0. The second kappa shape index (κ2) is 10.5. The van der Waals surface area contributed by atoms with Crippen molar-refractivity contribution in [3.8, 4) is 0 Å². The van der Waals surface area contributed by atoms with E-state index in [1.165, 1.54) is 6.92 Å². The van der Waals surface area contributed by atoms with Gasteiger partial charge < -0.3 is 20.3 Å². The molecule has 0 bridgehead atoms. The van der Waals surface area contributed by atoms with Gasteiger partial charge in [-0.05, 0) is 59.8 Å². The van der Waals surface area contributed by atoms with Crippen molar-refractivity contribution in [2.75, 3.05) is 48.4 Å². The second-order valence-corrected chi connectivity index (χ2v) is 8.76. The molecule has 9 nitrogen and oxygen atoms in total. The molecule has 0 saturated carbocycles. The Morgan fingerprint density at radius 1 is 0.971 bits per heavy atom. The zero-order valence-corrected chi connectivity index (χ0v) is 19.4. The maximum absolute atomic E-state index is 12.7. The molecular weight excluding hydrogens is 456 g/mol. The van der Waals surface area contributed by atoms with Gasteiger partial charge in [-0.25, -0.2) is 0 Å². The van der Waals surface area contributed by atoms with Crippen molar-refractivity contribution in [3.63, 3.8) is 0 Å². The van der Waals surface area contributed by atoms with Gasteiger partial charge in [-0.3, -0.25) is 24.1 Å². The maximum atomic E-state index is 12.7. The van der Waals surface area contributed by atoms with Crippen molar-refractivity contribution in [2.45, 2.75) is 6.92 Å². The van der Waals surface area contributed by atoms with Crippen LogP contribution in [-0.4, -0.2) is 60.7 Å². The number of ether oxygens (including phenoxy) is 1. The molecule has 0 spiro atoms. The van der Waals surface area contributed by atoms with Crippen LogP contribution in [0.3, 0.4) is 0 Å². The molecule has 2 heterocycles. The zero-order chi connectivity index (χ0) is 24.1. The Balaban J connectivity index is 1.35. The normalized spacial score (nSPS) is 17.3. The van der Waals surface area contributed by atoms with Crippen molar-refractivity contribution >= 4 is 57.9 Å². The fourth-order valence-corrected chi connectivity index (χ4v) is 4.41. The van der Waals surface area contributed by atoms with Crippen LogP contribution in [0.25, 0.3) is 6.08 Å². The van der Waals surface area contributed by atoms with E-state index in [0.29, 0.717) is 30.2 Å². The van der Waals surface area contributed by atoms with E-state index in [1.807, 2.05) is 12.1 Å². The van der Waals surface area contributed by atoms with E-state index in [9.17, 15) is 19.2 Å². The van der Waals surface area contributed by atoms with Crippen LogP contribution >= 0.6 is 11.8 Å². The predicted molar refractivity (Wildman–Crippen MR) is 132 cm³/mol. The Kier molecular flexibility index (Phi) is 7.29. The molecule has 2 saturated heterocycles. The van der Waals surface area contributed by atoms with E-state index in [-0.39, 0.29) is 17.4 Å². The summed E-state index contributed by atoms with van der Waals surface area (Å²) in [6, 6.07) is 14.3. The third kappa shape index (κ3) is 5.83. The average molecular weight is 481 g/mol. The molecule has 2 N–H and O–H groups in total. The van der Waals surface area contributed by atoms with Crippen molar-refractivity contribution < 1.29 is 23.9 Å². The van der Waals surface area contributed by atoms with Gasteiger partial charge in [0.25, 0.3) is 11.1 Å². The van der Waals surface area contributed by atoms with E-state index in [0.717, 1.165) is 35.4 Å². The lowest BCUT2D eigenvalue weighted by molar-refractivity contribution is -0.127. The molecule has 0 radical (unpaired) electrons. The van der Waals surface area contributed by atoms with Gasteiger partial charge >= 0.3 is 0 Å². The van der Waals surface area contributed by atoms with E-state index in [4.69, 9.17) is 4.74 Å². The Bertz CT molecular complexity index is 1130. The van der Waals surface area contributed by atoms with Gasteiger partial charge in [0.15, 0.2) is 0 Å². The van der Waals surface area contributed by atoms with Crippen LogP contribution in [0.4, 0.5) is 21.9 Å². The zero-order valence-electron chi connectivity index (χ0n) is 18.6. The summed E-state index contributed by atoms with van der Waals surface area (Å²) >= 11 is 0.791. The molecule has 0 aliphatic carbocycles. The van der Waals surface area contributed by atoms with E-state index in [2.05, 4.69) is 15.5 Å². The van der Waals surface area contributed by atoms with Crippen LogP contribution < -0.4 is 15.5 Å². The standard InChI is InChI=1S/C24H24N4O5S/c1-16(29)25-18-4-2-17(3-5-18)14-21-23(31)28(24(32)34-21)15-22(30)26-19-6-8-20(9-7-19)27-10-12-33-13-11-27/h2-9,14H,10-13,15H2,1H3,(H,25,29)(H,26,30)/b21-14-. The third-order valence-corrected chi connectivity index (χ3v) is 6.14. The first-order valence-electron chi connectivity index (χ1n) is 10.7. The maximum Gasteiger partial charge on any atom is 0.294 e. The number of carbonyl (C=O) groups is 4. The lowest BCUT2D eigenvalue weighted by Gasteiger charge is -2.28. The first kappa shape index (κ1) is 23.5. The van der Waals surface area contributed by atoms with Crippen LogP contribution in [0.5, 0.6) is 0 Å². The molecule has 176 valence electrons. The number of benzene rings is 2. The second-order valence-electron chi connectivity index (χ2n) is 7.77. The minimum atomic E-state index is -0.515. The van der Waals surface area contributed by atoms with Gasteiger partial charge in [-0.1, -0.05) is 12.1 Å². The molecule has 4 amide bonds. The number of hydrogen-bond acceptors (Lipinski definition) is 7. The van der Waals surface area contributed by atoms with Gasteiger partial charge in [0.05, 0.1) is 18.1 Å². The summed E-state index contributed by atoms with van der Waals surface area (Å²) in [5.74, 6) is -1.15. The Morgan fingerprint density at radius 2 is 1.59 bits per heavy atom. The van der Waals surface area contributed by atoms with E-state index < -0.39 is 17.1 Å². The minimum absolute atomic E-state index is 0.180. The largest absolute Gasteiger partial charge is 0.378 e. The Labute approximate surface area is 201 Å². The topological polar surface area (TPSA) is 108 Å². The number of rotatable bonds is 6. The van der Waals surface area contributed by atoms with Gasteiger partial charge in [-0.15, -0.1) is 0 Å². The molecule has 4 rings (SSSR count). The molecule has 0 unspecified atom stereocenters. The number of carbonyl (C=O) groups excluding carboxylic acids is 4. The molecule has 2 fully saturated rings. The highest BCUT2D eigenvalue weighted by Crippen LogP contribution is 2.32. The monoisotopic (exact) mass is 480 g/mol. The fourth-order valence-electron chi connectivity index (χ4n) is 3.57. The van der Waals surface area contributed by atoms with Gasteiger partial charge in [-0.2, -0.15) is 0 Å². The molecule has 2 aromatic carbocycles. The molecule has 0 atom stereocenters. The highest BCUT2D eigenvalue weighted by atomic mass is 32.2. The van der Waals surface area contributed by atoms with E-state index in [1.54, 1.807) is 42.5 Å². The highest BCUT2D eigenvalue weighted by Gasteiger charge is 2.36. The van der Waals surface area contributed by atoms with Crippen LogP contribution in [-0.2, 0) is 19.1 Å². The molecular formula is C24H24N4O5S. The first-order valence-corrected chi connectivity index (χ1v) is 11.6. The molecule has 0 aromatic heterocycles. The first-order chi connectivity index (χ1) is 16.4. The van der Waals surface area contributed by atoms with Gasteiger partial charge in [0, 0.05) is 37.1 Å². The molecule has 2 aromatic rings. The highest BCUT2D eigenvalue weighted by molar-refractivity contribution is 8.18. The van der Waals surface area contributed by atoms with Crippen molar-refractivity contribution in [3.05, 3.63) is 59.0 Å². The van der Waals surface area contributed by atoms with Crippen LogP contribution in [0.15, 0.2) is 53.4 Å². The fraction of sp³-hybridized carbons (Fsp3) is 0.250. The number of thioether (sulfide) groups is 1. The predicted octanol–water partition coefficient (Wildman–Crippen LogP) is 3.16. The summed E-state index contributed by atoms with van der Waals surface area (Å²) in [4.78, 5) is 52.0. The lowest BCUT2D eigenvalue weighted by atomic mass is 10.2. The van der Waals surface area contributed by atoms with Crippen LogP contribution in [0.1, 0.15) is 12.5 Å². The van der Waals surface area contributed by atoms with Crippen LogP contribution in [0.2, 0.25) is 0 Å². The van der Waals surface area contributed by atoms with E-state index >= 15 is 0 Å². The SMILES string of the molecule is CC(=O)Nc1ccc(/C=C2\SC(=O)N(CC(=O)Nc3ccc(N4CCOCC4)cc3)C2=O)cc1. The Hall–Kier alpha value is -3.63. The quantitative estimate of drug-likeness (QED) is 0.612. The van der Waals surface area contributed by atoms with Crippen molar-refractivity contribution in [2.24, 2.45) is 0 Å². The number of imide groups is 1. The van der Waals surface area contributed by atoms with Crippen molar-refractivity contribution in [1.29, 1.82) is 0 Å². The number of hydrogen-bond donors (Lipinski definition) is 2. The molecule has 2 aliphatic rings. The summed E-state index contributed by atoms with van der Waals surface area (Å²) in [6.45, 7) is 4.06. The molecule has 2 aliphatic heterocycles. The number of nitrogens with zero attached hydrogens (tertiary/aromatic N) is 2. The number of morpholine rings is 1. The van der Waals surface area contributed by atoms with Crippen molar-refractivity contribution in [1.82, 2.24) is 4.90 Å². The molecule has 34 heavy (non-hydrogen) atoms. The minimum Gasteiger partial charge on any atom is -0.378 e.